The molecule has 0 amide bonds. The first-order valence-corrected chi connectivity index (χ1v) is 10.9. The first-order valence-electron chi connectivity index (χ1n) is 10.9. The number of halogens is 2. The Balaban J connectivity index is 2.45. The third-order valence-corrected chi connectivity index (χ3v) is 5.63. The Morgan fingerprint density at radius 3 is 2.37 bits per heavy atom. The first kappa shape index (κ1) is 25.6. The normalized spacial score (nSPS) is 11.0. The van der Waals surface area contributed by atoms with Gasteiger partial charge in [0.25, 0.3) is 5.56 Å². The zero-order chi connectivity index (χ0) is 25.9. The number of nitrogen functional groups attached to an aromatic ring is 1. The Morgan fingerprint density at radius 1 is 1.11 bits per heavy atom. The highest BCUT2D eigenvalue weighted by Gasteiger charge is 2.26. The average molecular weight is 484 g/mol. The second-order valence-electron chi connectivity index (χ2n) is 7.89. The fourth-order valence-corrected chi connectivity index (χ4v) is 3.77. The maximum atomic E-state index is 14.1. The molecule has 9 nitrogen and oxygen atoms in total. The van der Waals surface area contributed by atoms with E-state index in [4.69, 9.17) is 18.0 Å². The maximum absolute atomic E-state index is 14.1. The monoisotopic (exact) mass is 483 g/mol. The Hall–Kier alpha value is -4.01. The van der Waals surface area contributed by atoms with Gasteiger partial charge in [-0.05, 0) is 31.6 Å². The molecule has 0 spiro atoms. The van der Waals surface area contributed by atoms with Gasteiger partial charge in [0.05, 0.1) is 35.5 Å². The van der Waals surface area contributed by atoms with E-state index < -0.39 is 22.9 Å². The predicted molar refractivity (Wildman–Crippen MR) is 131 cm³/mol. The average Bonchev–Trinajstić information content (AvgIpc) is 2.81. The summed E-state index contributed by atoms with van der Waals surface area (Å²) >= 11 is 0. The molecule has 0 radical (unpaired) electrons. The molecule has 11 heteroatoms. The number of hydrogen-bond acceptors (Lipinski definition) is 7. The standard InChI is InChI=1S/C24H27F2N7O2/c1-5-8-31-21(14-30(6-2)7-3)22(33(28)20-11-18(26)17(25)10-19(20)27)23(34)32(24(31)35)16-9-15(4)12-29-13-16/h1,9-13H,6-8,14,27-28H2,2-4H3. The lowest BCUT2D eigenvalue weighted by molar-refractivity contribution is 0.286. The molecule has 3 aromatic rings. The van der Waals surface area contributed by atoms with Crippen LogP contribution in [0, 0.1) is 30.9 Å². The fraction of sp³-hybridized carbons (Fsp3) is 0.292. The number of hydrazine groups is 1. The lowest BCUT2D eigenvalue weighted by Crippen LogP contribution is -2.46. The summed E-state index contributed by atoms with van der Waals surface area (Å²) in [6, 6.07) is 3.17. The molecule has 0 aliphatic rings. The van der Waals surface area contributed by atoms with Crippen molar-refractivity contribution in [3.63, 3.8) is 0 Å². The largest absolute Gasteiger partial charge is 0.397 e. The minimum atomic E-state index is -1.20. The minimum absolute atomic E-state index is 0.138. The lowest BCUT2D eigenvalue weighted by Gasteiger charge is -2.28. The highest BCUT2D eigenvalue weighted by molar-refractivity contribution is 5.74. The van der Waals surface area contributed by atoms with Crippen molar-refractivity contribution in [2.45, 2.75) is 33.9 Å². The molecule has 35 heavy (non-hydrogen) atoms. The number of aromatic nitrogens is 3. The van der Waals surface area contributed by atoms with E-state index in [0.29, 0.717) is 18.7 Å². The molecule has 0 atom stereocenters. The predicted octanol–water partition coefficient (Wildman–Crippen LogP) is 2.05. The van der Waals surface area contributed by atoms with Gasteiger partial charge in [0.1, 0.15) is 5.69 Å². The number of aryl methyl sites for hydroxylation is 1. The van der Waals surface area contributed by atoms with Crippen molar-refractivity contribution in [3.05, 3.63) is 74.3 Å². The summed E-state index contributed by atoms with van der Waals surface area (Å²) in [5.74, 6) is 6.41. The number of rotatable bonds is 8. The van der Waals surface area contributed by atoms with Gasteiger partial charge in [-0.3, -0.25) is 24.3 Å². The minimum Gasteiger partial charge on any atom is -0.397 e. The molecule has 1 aromatic carbocycles. The molecule has 0 bridgehead atoms. The van der Waals surface area contributed by atoms with E-state index in [1.807, 2.05) is 18.7 Å². The molecule has 2 heterocycles. The maximum Gasteiger partial charge on any atom is 0.336 e. The lowest BCUT2D eigenvalue weighted by atomic mass is 10.2. The van der Waals surface area contributed by atoms with Gasteiger partial charge in [-0.25, -0.2) is 24.0 Å². The summed E-state index contributed by atoms with van der Waals surface area (Å²) in [6.07, 6.45) is 8.49. The number of anilines is 3. The summed E-state index contributed by atoms with van der Waals surface area (Å²) in [4.78, 5) is 33.4. The second-order valence-corrected chi connectivity index (χ2v) is 7.89. The quantitative estimate of drug-likeness (QED) is 0.218. The van der Waals surface area contributed by atoms with Crippen LogP contribution in [0.4, 0.5) is 25.8 Å². The van der Waals surface area contributed by atoms with Crippen molar-refractivity contribution in [1.29, 1.82) is 0 Å². The van der Waals surface area contributed by atoms with Crippen molar-refractivity contribution in [2.24, 2.45) is 5.84 Å². The summed E-state index contributed by atoms with van der Waals surface area (Å²) < 4.78 is 30.0. The van der Waals surface area contributed by atoms with E-state index in [1.165, 1.54) is 10.8 Å². The number of benzene rings is 1. The van der Waals surface area contributed by atoms with Gasteiger partial charge in [-0.1, -0.05) is 19.8 Å². The van der Waals surface area contributed by atoms with Gasteiger partial charge in [-0.2, -0.15) is 0 Å². The molecule has 4 N–H and O–H groups in total. The molecule has 2 aromatic heterocycles. The molecule has 0 saturated carbocycles. The number of nitrogens with zero attached hydrogens (tertiary/aromatic N) is 5. The highest BCUT2D eigenvalue weighted by atomic mass is 19.2. The van der Waals surface area contributed by atoms with Gasteiger partial charge in [0.15, 0.2) is 11.6 Å². The Bertz CT molecular complexity index is 1400. The Morgan fingerprint density at radius 2 is 1.77 bits per heavy atom. The van der Waals surface area contributed by atoms with Crippen molar-refractivity contribution < 1.29 is 8.78 Å². The zero-order valence-corrected chi connectivity index (χ0v) is 19.8. The summed E-state index contributed by atoms with van der Waals surface area (Å²) in [6.45, 7) is 6.77. The van der Waals surface area contributed by atoms with Crippen molar-refractivity contribution in [3.8, 4) is 18.0 Å². The molecule has 0 unspecified atom stereocenters. The number of hydrogen-bond donors (Lipinski definition) is 2. The molecule has 0 aliphatic heterocycles. The summed E-state index contributed by atoms with van der Waals surface area (Å²) in [7, 11) is 0. The van der Waals surface area contributed by atoms with Crippen molar-refractivity contribution in [2.75, 3.05) is 23.8 Å². The van der Waals surface area contributed by atoms with Crippen LogP contribution in [-0.4, -0.2) is 32.1 Å². The van der Waals surface area contributed by atoms with Gasteiger partial charge >= 0.3 is 5.69 Å². The van der Waals surface area contributed by atoms with E-state index in [0.717, 1.165) is 21.7 Å². The SMILES string of the molecule is C#CCn1c(CN(CC)CC)c(N(N)c2cc(F)c(F)cc2N)c(=O)n(-c2cncc(C)c2)c1=O. The number of nitrogens with two attached hydrogens (primary N) is 2. The molecule has 184 valence electrons. The van der Waals surface area contributed by atoms with E-state index in [1.54, 1.807) is 19.2 Å². The van der Waals surface area contributed by atoms with Crippen LogP contribution in [0.25, 0.3) is 5.69 Å². The van der Waals surface area contributed by atoms with E-state index in [-0.39, 0.29) is 41.5 Å². The van der Waals surface area contributed by atoms with Crippen LogP contribution in [0.5, 0.6) is 0 Å². The van der Waals surface area contributed by atoms with Crippen LogP contribution in [0.15, 0.2) is 40.2 Å². The third kappa shape index (κ3) is 4.94. The van der Waals surface area contributed by atoms with Crippen LogP contribution in [0.2, 0.25) is 0 Å². The Kier molecular flexibility index (Phi) is 7.68. The molecule has 3 rings (SSSR count). The highest BCUT2D eigenvalue weighted by Crippen LogP contribution is 2.30. The topological polar surface area (TPSA) is 115 Å². The van der Waals surface area contributed by atoms with E-state index >= 15 is 0 Å². The van der Waals surface area contributed by atoms with Crippen molar-refractivity contribution >= 4 is 17.1 Å². The molecule has 0 aliphatic carbocycles. The van der Waals surface area contributed by atoms with E-state index in [9.17, 15) is 18.4 Å². The number of pyridine rings is 1. The summed E-state index contributed by atoms with van der Waals surface area (Å²) in [5, 5.41) is 0.866. The Labute approximate surface area is 201 Å². The van der Waals surface area contributed by atoms with Gasteiger partial charge in [-0.15, -0.1) is 6.42 Å². The van der Waals surface area contributed by atoms with Gasteiger partial charge in [0.2, 0.25) is 0 Å². The van der Waals surface area contributed by atoms with Gasteiger partial charge in [0, 0.05) is 24.9 Å². The molecule has 0 fully saturated rings. The first-order chi connectivity index (χ1) is 16.6. The van der Waals surface area contributed by atoms with E-state index in [2.05, 4.69) is 10.9 Å². The molecular weight excluding hydrogens is 456 g/mol. The fourth-order valence-electron chi connectivity index (χ4n) is 3.77. The molecular formula is C24H27F2N7O2. The number of terminal acetylenes is 1. The van der Waals surface area contributed by atoms with Crippen LogP contribution in [0.1, 0.15) is 25.1 Å². The smallest absolute Gasteiger partial charge is 0.336 e. The second kappa shape index (κ2) is 10.5. The third-order valence-electron chi connectivity index (χ3n) is 5.63. The zero-order valence-electron chi connectivity index (χ0n) is 19.8. The summed E-state index contributed by atoms with van der Waals surface area (Å²) in [5.41, 5.74) is 5.06. The van der Waals surface area contributed by atoms with Crippen LogP contribution < -0.4 is 27.8 Å². The molecule has 0 saturated heterocycles. The van der Waals surface area contributed by atoms with Crippen LogP contribution in [0.3, 0.4) is 0 Å². The van der Waals surface area contributed by atoms with Gasteiger partial charge < -0.3 is 5.73 Å². The van der Waals surface area contributed by atoms with Crippen LogP contribution in [-0.2, 0) is 13.1 Å². The van der Waals surface area contributed by atoms with Crippen LogP contribution >= 0.6 is 0 Å². The van der Waals surface area contributed by atoms with Crippen molar-refractivity contribution in [1.82, 2.24) is 19.0 Å².